The third-order valence-corrected chi connectivity index (χ3v) is 4.26. The van der Waals surface area contributed by atoms with Gasteiger partial charge >= 0.3 is 6.18 Å². The second kappa shape index (κ2) is 7.38. The molecule has 1 heterocycles. The lowest BCUT2D eigenvalue weighted by molar-refractivity contribution is -0.169. The molecule has 1 atom stereocenters. The molecule has 0 fully saturated rings. The van der Waals surface area contributed by atoms with Crippen LogP contribution in [0.3, 0.4) is 0 Å². The molecule has 0 spiro atoms. The molecule has 0 saturated heterocycles. The van der Waals surface area contributed by atoms with Crippen molar-refractivity contribution in [2.75, 3.05) is 7.05 Å². The van der Waals surface area contributed by atoms with Crippen LogP contribution in [0.4, 0.5) is 17.6 Å². The Labute approximate surface area is 145 Å². The molecule has 0 saturated carbocycles. The molecule has 1 aromatic carbocycles. The molecule has 0 N–H and O–H groups in total. The van der Waals surface area contributed by atoms with E-state index in [1.165, 1.54) is 25.5 Å². The average molecular weight is 376 g/mol. The van der Waals surface area contributed by atoms with Gasteiger partial charge in [0.15, 0.2) is 0 Å². The number of pyridine rings is 1. The molecule has 0 radical (unpaired) electrons. The summed E-state index contributed by atoms with van der Waals surface area (Å²) in [5.74, 6) is -0.921. The topological polar surface area (TPSA) is 39.9 Å². The Morgan fingerprint density at radius 1 is 1.29 bits per heavy atom. The minimum absolute atomic E-state index is 0.231. The van der Waals surface area contributed by atoms with Crippen LogP contribution in [0.25, 0.3) is 0 Å². The molecular formula is C15H10ClF4N3S. The van der Waals surface area contributed by atoms with Gasteiger partial charge in [0.2, 0.25) is 0 Å². The molecule has 9 heteroatoms. The van der Waals surface area contributed by atoms with E-state index in [0.717, 1.165) is 34.5 Å². The van der Waals surface area contributed by atoms with E-state index in [0.29, 0.717) is 4.90 Å². The van der Waals surface area contributed by atoms with Crippen LogP contribution >= 0.6 is 23.5 Å². The largest absolute Gasteiger partial charge is 0.408 e. The smallest absolute Gasteiger partial charge is 0.262 e. The predicted octanol–water partition coefficient (Wildman–Crippen LogP) is 4.99. The van der Waals surface area contributed by atoms with E-state index in [-0.39, 0.29) is 16.1 Å². The maximum atomic E-state index is 13.5. The van der Waals surface area contributed by atoms with E-state index in [1.54, 1.807) is 0 Å². The van der Waals surface area contributed by atoms with Crippen LogP contribution in [0.15, 0.2) is 41.6 Å². The van der Waals surface area contributed by atoms with Crippen LogP contribution in [-0.2, 0) is 0 Å². The molecule has 0 aliphatic carbocycles. The number of nitriles is 1. The SMILES string of the molecule is CN(Sc1cncc(C#N)c1)[C@H](c1ccc(Cl)c(F)c1)C(F)(F)F. The number of rotatable bonds is 4. The fraction of sp³-hybridized carbons (Fsp3) is 0.200. The average Bonchev–Trinajstić information content (AvgIpc) is 2.49. The Balaban J connectivity index is 2.33. The van der Waals surface area contributed by atoms with Gasteiger partial charge in [0.1, 0.15) is 17.9 Å². The van der Waals surface area contributed by atoms with Gasteiger partial charge in [-0.1, -0.05) is 17.7 Å². The lowest BCUT2D eigenvalue weighted by atomic mass is 10.1. The molecule has 3 nitrogen and oxygen atoms in total. The summed E-state index contributed by atoms with van der Waals surface area (Å²) in [6.07, 6.45) is -1.99. The lowest BCUT2D eigenvalue weighted by Crippen LogP contribution is -2.32. The number of hydrogen-bond acceptors (Lipinski definition) is 4. The summed E-state index contributed by atoms with van der Waals surface area (Å²) in [6, 6.07) is 4.21. The standard InChI is InChI=1S/C15H10ClF4N3S/c1-23(24-11-4-9(6-21)7-22-8-11)14(15(18,19)20)10-2-3-12(16)13(17)5-10/h2-5,7-8,14H,1H3/t14-/m1/s1. The van der Waals surface area contributed by atoms with Gasteiger partial charge in [-0.25, -0.2) is 8.70 Å². The number of alkyl halides is 3. The van der Waals surface area contributed by atoms with Crippen molar-refractivity contribution in [3.05, 3.63) is 58.6 Å². The Bertz CT molecular complexity index is 776. The van der Waals surface area contributed by atoms with E-state index in [9.17, 15) is 17.6 Å². The second-order valence-corrected chi connectivity index (χ2v) is 6.41. The van der Waals surface area contributed by atoms with Crippen LogP contribution in [-0.4, -0.2) is 22.5 Å². The Kier molecular flexibility index (Phi) is 5.70. The number of halogens is 5. The van der Waals surface area contributed by atoms with Crippen LogP contribution in [0.5, 0.6) is 0 Å². The molecule has 0 bridgehead atoms. The van der Waals surface area contributed by atoms with Crippen molar-refractivity contribution in [2.45, 2.75) is 17.1 Å². The number of aromatic nitrogens is 1. The monoisotopic (exact) mass is 375 g/mol. The van der Waals surface area contributed by atoms with Crippen LogP contribution in [0, 0.1) is 17.1 Å². The van der Waals surface area contributed by atoms with Crippen molar-refractivity contribution in [1.29, 1.82) is 5.26 Å². The summed E-state index contributed by atoms with van der Waals surface area (Å²) in [4.78, 5) is 4.16. The third kappa shape index (κ3) is 4.38. The van der Waals surface area contributed by atoms with Gasteiger partial charge in [-0.3, -0.25) is 4.98 Å². The van der Waals surface area contributed by atoms with E-state index in [2.05, 4.69) is 4.98 Å². The fourth-order valence-corrected chi connectivity index (χ4v) is 3.12. The van der Waals surface area contributed by atoms with Crippen molar-refractivity contribution in [3.8, 4) is 6.07 Å². The van der Waals surface area contributed by atoms with E-state index in [4.69, 9.17) is 16.9 Å². The number of nitrogens with zero attached hydrogens (tertiary/aromatic N) is 3. The van der Waals surface area contributed by atoms with Gasteiger partial charge in [0.05, 0.1) is 10.6 Å². The van der Waals surface area contributed by atoms with E-state index < -0.39 is 18.0 Å². The molecule has 1 aromatic heterocycles. The Morgan fingerprint density at radius 2 is 2.00 bits per heavy atom. The predicted molar refractivity (Wildman–Crippen MR) is 82.8 cm³/mol. The quantitative estimate of drug-likeness (QED) is 0.557. The number of hydrogen-bond donors (Lipinski definition) is 0. The summed E-state index contributed by atoms with van der Waals surface area (Å²) < 4.78 is 54.9. The first-order valence-electron chi connectivity index (χ1n) is 6.50. The first kappa shape index (κ1) is 18.5. The summed E-state index contributed by atoms with van der Waals surface area (Å²) in [5.41, 5.74) is -0.0432. The van der Waals surface area contributed by atoms with Gasteiger partial charge < -0.3 is 0 Å². The molecule has 2 rings (SSSR count). The fourth-order valence-electron chi connectivity index (χ4n) is 2.04. The summed E-state index contributed by atoms with van der Waals surface area (Å²) in [5, 5.41) is 8.57. The maximum Gasteiger partial charge on any atom is 0.408 e. The molecule has 0 unspecified atom stereocenters. The van der Waals surface area contributed by atoms with Crippen molar-refractivity contribution < 1.29 is 17.6 Å². The highest BCUT2D eigenvalue weighted by Crippen LogP contribution is 2.42. The van der Waals surface area contributed by atoms with Gasteiger partial charge in [-0.2, -0.15) is 18.4 Å². The van der Waals surface area contributed by atoms with E-state index >= 15 is 0 Å². The van der Waals surface area contributed by atoms with Gasteiger partial charge in [-0.15, -0.1) is 0 Å². The first-order valence-corrected chi connectivity index (χ1v) is 7.65. The highest BCUT2D eigenvalue weighted by Gasteiger charge is 2.44. The zero-order valence-electron chi connectivity index (χ0n) is 12.2. The minimum Gasteiger partial charge on any atom is -0.262 e. The van der Waals surface area contributed by atoms with Crippen molar-refractivity contribution >= 4 is 23.5 Å². The highest BCUT2D eigenvalue weighted by molar-refractivity contribution is 7.97. The van der Waals surface area contributed by atoms with Crippen molar-refractivity contribution in [1.82, 2.24) is 9.29 Å². The van der Waals surface area contributed by atoms with Crippen molar-refractivity contribution in [3.63, 3.8) is 0 Å². The van der Waals surface area contributed by atoms with Gasteiger partial charge in [0.25, 0.3) is 0 Å². The van der Waals surface area contributed by atoms with Crippen molar-refractivity contribution in [2.24, 2.45) is 0 Å². The van der Waals surface area contributed by atoms with Gasteiger partial charge in [0, 0.05) is 17.3 Å². The third-order valence-electron chi connectivity index (χ3n) is 3.02. The second-order valence-electron chi connectivity index (χ2n) is 4.78. The van der Waals surface area contributed by atoms with Crippen LogP contribution in [0.2, 0.25) is 5.02 Å². The molecule has 0 amide bonds. The van der Waals surface area contributed by atoms with Crippen LogP contribution in [0.1, 0.15) is 17.2 Å². The van der Waals surface area contributed by atoms with Crippen LogP contribution < -0.4 is 0 Å². The molecule has 0 aliphatic heterocycles. The maximum absolute atomic E-state index is 13.5. The molecule has 0 aliphatic rings. The molecular weight excluding hydrogens is 366 g/mol. The summed E-state index contributed by atoms with van der Waals surface area (Å²) >= 11 is 6.29. The normalized spacial score (nSPS) is 12.9. The highest BCUT2D eigenvalue weighted by atomic mass is 35.5. The number of benzene rings is 1. The Hall–Kier alpha value is -1.82. The minimum atomic E-state index is -4.64. The molecule has 126 valence electrons. The summed E-state index contributed by atoms with van der Waals surface area (Å²) in [7, 11) is 1.23. The zero-order chi connectivity index (χ0) is 17.9. The zero-order valence-corrected chi connectivity index (χ0v) is 13.8. The van der Waals surface area contributed by atoms with Gasteiger partial charge in [-0.05, 0) is 42.8 Å². The Morgan fingerprint density at radius 3 is 2.58 bits per heavy atom. The summed E-state index contributed by atoms with van der Waals surface area (Å²) in [6.45, 7) is 0. The molecule has 2 aromatic rings. The first-order chi connectivity index (χ1) is 11.2. The lowest BCUT2D eigenvalue weighted by Gasteiger charge is -2.29. The van der Waals surface area contributed by atoms with E-state index in [1.807, 2.05) is 6.07 Å². The molecule has 24 heavy (non-hydrogen) atoms.